The van der Waals surface area contributed by atoms with Gasteiger partial charge in [-0.1, -0.05) is 13.8 Å². The maximum absolute atomic E-state index is 6.20. The first-order valence-corrected chi connectivity index (χ1v) is 8.95. The molecule has 0 heterocycles. The van der Waals surface area contributed by atoms with E-state index in [1.807, 2.05) is 0 Å². The summed E-state index contributed by atoms with van der Waals surface area (Å²) in [6.45, 7) is 14.2. The third kappa shape index (κ3) is 3.89. The zero-order valence-electron chi connectivity index (χ0n) is 11.1. The van der Waals surface area contributed by atoms with Gasteiger partial charge in [-0.2, -0.15) is 0 Å². The highest BCUT2D eigenvalue weighted by Crippen LogP contribution is 2.41. The van der Waals surface area contributed by atoms with Crippen molar-refractivity contribution in [3.63, 3.8) is 0 Å². The van der Waals surface area contributed by atoms with E-state index < -0.39 is 8.32 Å². The molecular formula is C12H26O2Si. The maximum Gasteiger partial charge on any atom is 0.194 e. The SMILES string of the molecule is CC(C)OCC(C)(C)[Si](C)(C)OC1CC1. The van der Waals surface area contributed by atoms with Gasteiger partial charge in [0.2, 0.25) is 0 Å². The van der Waals surface area contributed by atoms with Gasteiger partial charge in [-0.15, -0.1) is 0 Å². The van der Waals surface area contributed by atoms with Gasteiger partial charge in [0.15, 0.2) is 8.32 Å². The Hall–Kier alpha value is 0.137. The molecule has 0 aromatic carbocycles. The van der Waals surface area contributed by atoms with Crippen LogP contribution in [0, 0.1) is 0 Å². The van der Waals surface area contributed by atoms with Crippen molar-refractivity contribution < 1.29 is 9.16 Å². The fourth-order valence-corrected chi connectivity index (χ4v) is 3.13. The van der Waals surface area contributed by atoms with Gasteiger partial charge in [-0.05, 0) is 39.8 Å². The lowest BCUT2D eigenvalue weighted by molar-refractivity contribution is 0.0559. The summed E-state index contributed by atoms with van der Waals surface area (Å²) in [6.07, 6.45) is 3.40. The molecule has 0 aromatic rings. The van der Waals surface area contributed by atoms with E-state index in [4.69, 9.17) is 9.16 Å². The van der Waals surface area contributed by atoms with Crippen molar-refractivity contribution in [1.29, 1.82) is 0 Å². The van der Waals surface area contributed by atoms with Gasteiger partial charge >= 0.3 is 0 Å². The predicted octanol–water partition coefficient (Wildman–Crippen LogP) is 3.58. The molecule has 3 heteroatoms. The van der Waals surface area contributed by atoms with E-state index in [-0.39, 0.29) is 5.04 Å². The van der Waals surface area contributed by atoms with Crippen LogP contribution in [-0.4, -0.2) is 27.1 Å². The normalized spacial score (nSPS) is 18.6. The van der Waals surface area contributed by atoms with Crippen LogP contribution < -0.4 is 0 Å². The van der Waals surface area contributed by atoms with Gasteiger partial charge in [0.25, 0.3) is 0 Å². The molecule has 0 atom stereocenters. The summed E-state index contributed by atoms with van der Waals surface area (Å²) in [5.41, 5.74) is 0. The molecule has 1 rings (SSSR count). The van der Waals surface area contributed by atoms with Crippen LogP contribution in [0.15, 0.2) is 0 Å². The van der Waals surface area contributed by atoms with E-state index >= 15 is 0 Å². The van der Waals surface area contributed by atoms with Crippen molar-refractivity contribution in [1.82, 2.24) is 0 Å². The highest BCUT2D eigenvalue weighted by molar-refractivity contribution is 6.74. The Morgan fingerprint density at radius 1 is 1.27 bits per heavy atom. The Balaban J connectivity index is 2.48. The lowest BCUT2D eigenvalue weighted by atomic mass is 10.2. The summed E-state index contributed by atoms with van der Waals surface area (Å²) < 4.78 is 12.0. The quantitative estimate of drug-likeness (QED) is 0.649. The van der Waals surface area contributed by atoms with Crippen LogP contribution >= 0.6 is 0 Å². The third-order valence-corrected chi connectivity index (χ3v) is 7.72. The number of ether oxygens (including phenoxy) is 1. The minimum atomic E-state index is -1.62. The first-order chi connectivity index (χ1) is 6.74. The molecule has 1 saturated carbocycles. The van der Waals surface area contributed by atoms with Gasteiger partial charge in [-0.25, -0.2) is 0 Å². The van der Waals surface area contributed by atoms with Crippen molar-refractivity contribution in [3.05, 3.63) is 0 Å². The van der Waals surface area contributed by atoms with Gasteiger partial charge in [0, 0.05) is 11.1 Å². The first-order valence-electron chi connectivity index (χ1n) is 6.04. The predicted molar refractivity (Wildman–Crippen MR) is 66.7 cm³/mol. The Morgan fingerprint density at radius 2 is 1.80 bits per heavy atom. The summed E-state index contributed by atoms with van der Waals surface area (Å²) in [5.74, 6) is 0. The molecule has 2 nitrogen and oxygen atoms in total. The summed E-state index contributed by atoms with van der Waals surface area (Å²) in [7, 11) is -1.62. The summed E-state index contributed by atoms with van der Waals surface area (Å²) in [4.78, 5) is 0. The zero-order chi connectivity index (χ0) is 11.7. The number of hydrogen-bond acceptors (Lipinski definition) is 2. The van der Waals surface area contributed by atoms with Crippen molar-refractivity contribution in [2.45, 2.75) is 70.9 Å². The van der Waals surface area contributed by atoms with Crippen LogP contribution in [0.5, 0.6) is 0 Å². The van der Waals surface area contributed by atoms with Crippen molar-refractivity contribution >= 4 is 8.32 Å². The number of hydrogen-bond donors (Lipinski definition) is 0. The Kier molecular flexibility index (Phi) is 4.01. The molecule has 0 N–H and O–H groups in total. The van der Waals surface area contributed by atoms with Crippen LogP contribution in [0.25, 0.3) is 0 Å². The van der Waals surface area contributed by atoms with E-state index in [2.05, 4.69) is 40.8 Å². The van der Waals surface area contributed by atoms with Crippen LogP contribution in [0.3, 0.4) is 0 Å². The van der Waals surface area contributed by atoms with E-state index in [1.54, 1.807) is 0 Å². The average Bonchev–Trinajstić information content (AvgIpc) is 2.83. The molecule has 0 spiro atoms. The summed E-state index contributed by atoms with van der Waals surface area (Å²) in [5, 5.41) is 0.194. The van der Waals surface area contributed by atoms with Gasteiger partial charge < -0.3 is 9.16 Å². The monoisotopic (exact) mass is 230 g/mol. The fourth-order valence-electron chi connectivity index (χ4n) is 1.31. The third-order valence-electron chi connectivity index (χ3n) is 3.39. The van der Waals surface area contributed by atoms with E-state index in [0.29, 0.717) is 12.2 Å². The van der Waals surface area contributed by atoms with Gasteiger partial charge in [-0.3, -0.25) is 0 Å². The van der Waals surface area contributed by atoms with Crippen LogP contribution in [0.4, 0.5) is 0 Å². The van der Waals surface area contributed by atoms with Crippen LogP contribution in [0.2, 0.25) is 18.1 Å². The highest BCUT2D eigenvalue weighted by Gasteiger charge is 2.44. The Morgan fingerprint density at radius 3 is 2.20 bits per heavy atom. The van der Waals surface area contributed by atoms with E-state index in [1.165, 1.54) is 12.8 Å². The maximum atomic E-state index is 6.20. The topological polar surface area (TPSA) is 18.5 Å². The highest BCUT2D eigenvalue weighted by atomic mass is 28.4. The van der Waals surface area contributed by atoms with Crippen LogP contribution in [0.1, 0.15) is 40.5 Å². The minimum Gasteiger partial charge on any atom is -0.414 e. The van der Waals surface area contributed by atoms with Gasteiger partial charge in [0.1, 0.15) is 0 Å². The molecule has 15 heavy (non-hydrogen) atoms. The molecule has 0 bridgehead atoms. The second kappa shape index (κ2) is 4.56. The molecular weight excluding hydrogens is 204 g/mol. The zero-order valence-corrected chi connectivity index (χ0v) is 12.1. The molecule has 0 aliphatic heterocycles. The summed E-state index contributed by atoms with van der Waals surface area (Å²) in [6, 6.07) is 0. The largest absolute Gasteiger partial charge is 0.414 e. The molecule has 1 aliphatic carbocycles. The molecule has 1 fully saturated rings. The van der Waals surface area contributed by atoms with Gasteiger partial charge in [0.05, 0.1) is 12.7 Å². The Labute approximate surface area is 95.5 Å². The molecule has 0 saturated heterocycles. The fraction of sp³-hybridized carbons (Fsp3) is 1.00. The molecule has 1 aliphatic rings. The standard InChI is InChI=1S/C12H26O2Si/c1-10(2)13-9-12(3,4)15(5,6)14-11-7-8-11/h10-11H,7-9H2,1-6H3. The summed E-state index contributed by atoms with van der Waals surface area (Å²) >= 11 is 0. The van der Waals surface area contributed by atoms with Crippen molar-refractivity contribution in [3.8, 4) is 0 Å². The minimum absolute atomic E-state index is 0.194. The van der Waals surface area contributed by atoms with E-state index in [9.17, 15) is 0 Å². The average molecular weight is 230 g/mol. The smallest absolute Gasteiger partial charge is 0.194 e. The molecule has 0 aromatic heterocycles. The molecule has 90 valence electrons. The second-order valence-corrected chi connectivity index (χ2v) is 10.7. The lowest BCUT2D eigenvalue weighted by Gasteiger charge is -2.39. The molecule has 0 amide bonds. The number of rotatable bonds is 6. The first kappa shape index (κ1) is 13.2. The molecule has 0 unspecified atom stereocenters. The van der Waals surface area contributed by atoms with E-state index in [0.717, 1.165) is 6.61 Å². The molecule has 0 radical (unpaired) electrons. The lowest BCUT2D eigenvalue weighted by Crippen LogP contribution is -2.45. The van der Waals surface area contributed by atoms with Crippen molar-refractivity contribution in [2.24, 2.45) is 0 Å². The van der Waals surface area contributed by atoms with Crippen molar-refractivity contribution in [2.75, 3.05) is 6.61 Å². The van der Waals surface area contributed by atoms with Crippen LogP contribution in [-0.2, 0) is 9.16 Å². The Bertz CT molecular complexity index is 208. The second-order valence-electron chi connectivity index (χ2n) is 6.07.